The fraction of sp³-hybridized carbons (Fsp3) is 0.500. The summed E-state index contributed by atoms with van der Waals surface area (Å²) in [5.74, 6) is 0.998. The quantitative estimate of drug-likeness (QED) is 0.836. The molecule has 2 aromatic rings. The maximum absolute atomic E-state index is 9.06. The fourth-order valence-electron chi connectivity index (χ4n) is 2.60. The summed E-state index contributed by atoms with van der Waals surface area (Å²) < 4.78 is 5.96. The number of rotatable bonds is 6. The van der Waals surface area contributed by atoms with Gasteiger partial charge in [-0.15, -0.1) is 0 Å². The van der Waals surface area contributed by atoms with Crippen LogP contribution >= 0.6 is 0 Å². The molecule has 2 rings (SSSR count). The van der Waals surface area contributed by atoms with Gasteiger partial charge in [0.15, 0.2) is 0 Å². The lowest BCUT2D eigenvalue weighted by Crippen LogP contribution is -2.31. The number of fused-ring (bicyclic) bond motifs is 1. The number of aryl methyl sites for hydroxylation is 1. The second-order valence-electron chi connectivity index (χ2n) is 5.09. The minimum Gasteiger partial charge on any atom is -0.459 e. The third kappa shape index (κ3) is 2.99. The van der Waals surface area contributed by atoms with Crippen molar-refractivity contribution in [1.29, 1.82) is 0 Å². The van der Waals surface area contributed by atoms with E-state index in [-0.39, 0.29) is 12.6 Å². The molecule has 2 N–H and O–H groups in total. The number of hydrogen-bond acceptors (Lipinski definition) is 3. The van der Waals surface area contributed by atoms with Crippen LogP contribution in [0.25, 0.3) is 11.0 Å². The van der Waals surface area contributed by atoms with Gasteiger partial charge in [-0.2, -0.15) is 0 Å². The molecule has 0 fully saturated rings. The zero-order valence-corrected chi connectivity index (χ0v) is 11.9. The second-order valence-corrected chi connectivity index (χ2v) is 5.09. The summed E-state index contributed by atoms with van der Waals surface area (Å²) in [6, 6.07) is 8.61. The zero-order chi connectivity index (χ0) is 13.8. The van der Waals surface area contributed by atoms with Crippen molar-refractivity contribution in [2.45, 2.75) is 45.7 Å². The lowest BCUT2D eigenvalue weighted by atomic mass is 10.1. The lowest BCUT2D eigenvalue weighted by molar-refractivity contribution is 0.253. The van der Waals surface area contributed by atoms with Crippen LogP contribution in [-0.2, 0) is 0 Å². The van der Waals surface area contributed by atoms with E-state index in [1.54, 1.807) is 0 Å². The van der Waals surface area contributed by atoms with Crippen molar-refractivity contribution >= 4 is 11.0 Å². The Labute approximate surface area is 114 Å². The first kappa shape index (κ1) is 14.1. The highest BCUT2D eigenvalue weighted by Gasteiger charge is 2.18. The smallest absolute Gasteiger partial charge is 0.134 e. The summed E-state index contributed by atoms with van der Waals surface area (Å²) in [6.45, 7) is 6.57. The SMILES string of the molecule is CCC(CCO)NC(C)c1oc2ccccc2c1C. The molecule has 0 saturated heterocycles. The maximum atomic E-state index is 9.06. The second kappa shape index (κ2) is 6.22. The predicted octanol–water partition coefficient (Wildman–Crippen LogP) is 3.55. The van der Waals surface area contributed by atoms with Crippen molar-refractivity contribution in [1.82, 2.24) is 5.32 Å². The largest absolute Gasteiger partial charge is 0.459 e. The predicted molar refractivity (Wildman–Crippen MR) is 78.3 cm³/mol. The van der Waals surface area contributed by atoms with Crippen molar-refractivity contribution < 1.29 is 9.52 Å². The molecular weight excluding hydrogens is 238 g/mol. The molecule has 104 valence electrons. The number of furan rings is 1. The van der Waals surface area contributed by atoms with E-state index in [0.717, 1.165) is 24.2 Å². The van der Waals surface area contributed by atoms with Gasteiger partial charge >= 0.3 is 0 Å². The number of hydrogen-bond donors (Lipinski definition) is 2. The molecule has 0 aliphatic rings. The lowest BCUT2D eigenvalue weighted by Gasteiger charge is -2.20. The first-order chi connectivity index (χ1) is 9.17. The van der Waals surface area contributed by atoms with E-state index in [4.69, 9.17) is 9.52 Å². The third-order valence-electron chi connectivity index (χ3n) is 3.73. The monoisotopic (exact) mass is 261 g/mol. The van der Waals surface area contributed by atoms with Gasteiger partial charge in [0.25, 0.3) is 0 Å². The summed E-state index contributed by atoms with van der Waals surface area (Å²) in [6.07, 6.45) is 1.78. The van der Waals surface area contributed by atoms with Crippen molar-refractivity contribution in [3.05, 3.63) is 35.6 Å². The van der Waals surface area contributed by atoms with Gasteiger partial charge in [-0.1, -0.05) is 25.1 Å². The fourth-order valence-corrected chi connectivity index (χ4v) is 2.60. The normalized spacial score (nSPS) is 14.7. The summed E-state index contributed by atoms with van der Waals surface area (Å²) >= 11 is 0. The molecule has 1 aromatic carbocycles. The van der Waals surface area contributed by atoms with E-state index in [0.29, 0.717) is 6.04 Å². The Morgan fingerprint density at radius 2 is 2.05 bits per heavy atom. The molecule has 0 aliphatic heterocycles. The van der Waals surface area contributed by atoms with Gasteiger partial charge in [0.1, 0.15) is 11.3 Å². The third-order valence-corrected chi connectivity index (χ3v) is 3.73. The first-order valence-corrected chi connectivity index (χ1v) is 7.02. The Morgan fingerprint density at radius 1 is 1.32 bits per heavy atom. The molecule has 3 nitrogen and oxygen atoms in total. The summed E-state index contributed by atoms with van der Waals surface area (Å²) in [5, 5.41) is 13.8. The van der Waals surface area contributed by atoms with Crippen LogP contribution in [-0.4, -0.2) is 17.8 Å². The molecular formula is C16H23NO2. The molecule has 0 radical (unpaired) electrons. The number of aliphatic hydroxyl groups is 1. The van der Waals surface area contributed by atoms with E-state index in [9.17, 15) is 0 Å². The van der Waals surface area contributed by atoms with Crippen LogP contribution in [0.15, 0.2) is 28.7 Å². The molecule has 0 bridgehead atoms. The number of aliphatic hydroxyl groups excluding tert-OH is 1. The number of para-hydroxylation sites is 1. The molecule has 1 aromatic heterocycles. The van der Waals surface area contributed by atoms with E-state index in [2.05, 4.69) is 32.2 Å². The molecule has 2 atom stereocenters. The van der Waals surface area contributed by atoms with E-state index >= 15 is 0 Å². The van der Waals surface area contributed by atoms with Gasteiger partial charge in [0.05, 0.1) is 6.04 Å². The topological polar surface area (TPSA) is 45.4 Å². The van der Waals surface area contributed by atoms with Crippen molar-refractivity contribution in [3.63, 3.8) is 0 Å². The van der Waals surface area contributed by atoms with Crippen LogP contribution < -0.4 is 5.32 Å². The Hall–Kier alpha value is -1.32. The molecule has 0 saturated carbocycles. The molecule has 0 amide bonds. The highest BCUT2D eigenvalue weighted by Crippen LogP contribution is 2.29. The van der Waals surface area contributed by atoms with Crippen LogP contribution in [0.4, 0.5) is 0 Å². The van der Waals surface area contributed by atoms with Crippen molar-refractivity contribution in [3.8, 4) is 0 Å². The summed E-state index contributed by atoms with van der Waals surface area (Å²) in [4.78, 5) is 0. The standard InChI is InChI=1S/C16H23NO2/c1-4-13(9-10-18)17-12(3)16-11(2)14-7-5-6-8-15(14)19-16/h5-8,12-13,17-18H,4,9-10H2,1-3H3. The maximum Gasteiger partial charge on any atom is 0.134 e. The average Bonchev–Trinajstić information content (AvgIpc) is 2.76. The molecule has 0 aliphatic carbocycles. The van der Waals surface area contributed by atoms with Crippen LogP contribution in [0.2, 0.25) is 0 Å². The first-order valence-electron chi connectivity index (χ1n) is 7.02. The van der Waals surface area contributed by atoms with Gasteiger partial charge in [-0.3, -0.25) is 0 Å². The Balaban J connectivity index is 2.21. The van der Waals surface area contributed by atoms with E-state index < -0.39 is 0 Å². The Morgan fingerprint density at radius 3 is 2.68 bits per heavy atom. The zero-order valence-electron chi connectivity index (χ0n) is 11.9. The van der Waals surface area contributed by atoms with Gasteiger partial charge in [0.2, 0.25) is 0 Å². The van der Waals surface area contributed by atoms with Gasteiger partial charge in [-0.05, 0) is 38.3 Å². The summed E-state index contributed by atoms with van der Waals surface area (Å²) in [5.41, 5.74) is 2.15. The van der Waals surface area contributed by atoms with Crippen LogP contribution in [0.3, 0.4) is 0 Å². The molecule has 19 heavy (non-hydrogen) atoms. The molecule has 1 heterocycles. The molecule has 2 unspecified atom stereocenters. The van der Waals surface area contributed by atoms with Gasteiger partial charge in [-0.25, -0.2) is 0 Å². The number of benzene rings is 1. The van der Waals surface area contributed by atoms with Crippen LogP contribution in [0, 0.1) is 6.92 Å². The van der Waals surface area contributed by atoms with Crippen LogP contribution in [0.5, 0.6) is 0 Å². The van der Waals surface area contributed by atoms with E-state index in [1.165, 1.54) is 10.9 Å². The van der Waals surface area contributed by atoms with Crippen molar-refractivity contribution in [2.24, 2.45) is 0 Å². The highest BCUT2D eigenvalue weighted by atomic mass is 16.3. The van der Waals surface area contributed by atoms with E-state index in [1.807, 2.05) is 18.2 Å². The Bertz CT molecular complexity index is 533. The molecule has 0 spiro atoms. The molecule has 3 heteroatoms. The average molecular weight is 261 g/mol. The highest BCUT2D eigenvalue weighted by molar-refractivity contribution is 5.82. The number of nitrogens with one attached hydrogen (secondary N) is 1. The summed E-state index contributed by atoms with van der Waals surface area (Å²) in [7, 11) is 0. The van der Waals surface area contributed by atoms with Crippen molar-refractivity contribution in [2.75, 3.05) is 6.61 Å². The van der Waals surface area contributed by atoms with Gasteiger partial charge in [0, 0.05) is 18.0 Å². The Kier molecular flexibility index (Phi) is 4.61. The van der Waals surface area contributed by atoms with Gasteiger partial charge < -0.3 is 14.8 Å². The van der Waals surface area contributed by atoms with Crippen LogP contribution in [0.1, 0.15) is 44.1 Å². The minimum absolute atomic E-state index is 0.156. The minimum atomic E-state index is 0.156.